The Hall–Kier alpha value is -1.64. The fraction of sp³-hybridized carbons (Fsp3) is 0.500. The van der Waals surface area contributed by atoms with E-state index in [-0.39, 0.29) is 11.7 Å². The molecule has 1 aromatic rings. The van der Waals surface area contributed by atoms with Gasteiger partial charge in [-0.3, -0.25) is 14.3 Å². The number of anilines is 1. The molecule has 9 heteroatoms. The van der Waals surface area contributed by atoms with Crippen LogP contribution < -0.4 is 5.32 Å². The molecule has 0 bridgehead atoms. The van der Waals surface area contributed by atoms with E-state index < -0.39 is 33.2 Å². The van der Waals surface area contributed by atoms with Crippen LogP contribution in [0, 0.1) is 10.1 Å². The highest BCUT2D eigenvalue weighted by Crippen LogP contribution is 2.35. The van der Waals surface area contributed by atoms with Crippen molar-refractivity contribution < 1.29 is 22.3 Å². The van der Waals surface area contributed by atoms with Crippen LogP contribution in [0.5, 0.6) is 0 Å². The monoisotopic (exact) mass is 324 g/mol. The Labute approximate surface area is 122 Å². The first-order valence-corrected chi connectivity index (χ1v) is 7.76. The first kappa shape index (κ1) is 17.4. The van der Waals surface area contributed by atoms with E-state index in [9.17, 15) is 27.5 Å². The quantitative estimate of drug-likeness (QED) is 0.644. The Kier molecular flexibility index (Phi) is 5.70. The molecule has 0 saturated carbocycles. The average molecular weight is 324 g/mol. The summed E-state index contributed by atoms with van der Waals surface area (Å²) in [5.41, 5.74) is -1.68. The number of nitro benzene ring substituents is 1. The van der Waals surface area contributed by atoms with Crippen LogP contribution in [0.3, 0.4) is 0 Å². The first-order valence-electron chi connectivity index (χ1n) is 6.03. The predicted molar refractivity (Wildman–Crippen MR) is 74.7 cm³/mol. The van der Waals surface area contributed by atoms with E-state index in [4.69, 9.17) is 0 Å². The van der Waals surface area contributed by atoms with E-state index in [2.05, 4.69) is 5.32 Å². The number of nitrogens with one attached hydrogen (secondary N) is 1. The predicted octanol–water partition coefficient (Wildman–Crippen LogP) is 3.18. The third-order valence-corrected chi connectivity index (χ3v) is 3.57. The molecule has 0 radical (unpaired) electrons. The highest BCUT2D eigenvalue weighted by Gasteiger charge is 2.33. The molecule has 0 aliphatic heterocycles. The van der Waals surface area contributed by atoms with Crippen molar-refractivity contribution in [2.75, 3.05) is 17.3 Å². The van der Waals surface area contributed by atoms with E-state index in [0.717, 1.165) is 12.1 Å². The molecule has 1 N–H and O–H groups in total. The van der Waals surface area contributed by atoms with Gasteiger partial charge >= 0.3 is 6.18 Å². The van der Waals surface area contributed by atoms with E-state index in [0.29, 0.717) is 18.2 Å². The van der Waals surface area contributed by atoms with Gasteiger partial charge in [0.05, 0.1) is 10.5 Å². The molecule has 0 fully saturated rings. The number of rotatable bonds is 6. The fourth-order valence-corrected chi connectivity index (χ4v) is 2.35. The molecule has 2 unspecified atom stereocenters. The van der Waals surface area contributed by atoms with Crippen LogP contribution in [0.1, 0.15) is 18.9 Å². The van der Waals surface area contributed by atoms with E-state index >= 15 is 0 Å². The summed E-state index contributed by atoms with van der Waals surface area (Å²) in [5.74, 6) is 0.405. The number of alkyl halides is 3. The highest BCUT2D eigenvalue weighted by atomic mass is 32.2. The largest absolute Gasteiger partial charge is 0.416 e. The maximum atomic E-state index is 12.6. The van der Waals surface area contributed by atoms with Crippen molar-refractivity contribution in [2.24, 2.45) is 0 Å². The molecule has 118 valence electrons. The van der Waals surface area contributed by atoms with Gasteiger partial charge in [0.25, 0.3) is 5.69 Å². The minimum atomic E-state index is -4.63. The molecule has 1 rings (SSSR count). The molecular formula is C12H15F3N2O3S. The number of hydrogen-bond donors (Lipinski definition) is 1. The molecule has 0 heterocycles. The molecule has 21 heavy (non-hydrogen) atoms. The Balaban J connectivity index is 2.97. The summed E-state index contributed by atoms with van der Waals surface area (Å²) in [7, 11) is -0.996. The zero-order valence-electron chi connectivity index (χ0n) is 11.4. The van der Waals surface area contributed by atoms with Crippen molar-refractivity contribution >= 4 is 22.2 Å². The first-order chi connectivity index (χ1) is 9.61. The second kappa shape index (κ2) is 6.88. The molecule has 1 aromatic carbocycles. The lowest BCUT2D eigenvalue weighted by Gasteiger charge is -2.15. The SMILES string of the molecule is CC(CCS(C)=O)Nc1ccc(C(F)(F)F)cc1[N+](=O)[O-]. The molecule has 0 aromatic heterocycles. The lowest BCUT2D eigenvalue weighted by molar-refractivity contribution is -0.384. The second-order valence-electron chi connectivity index (χ2n) is 4.60. The van der Waals surface area contributed by atoms with E-state index in [1.807, 2.05) is 0 Å². The summed E-state index contributed by atoms with van der Waals surface area (Å²) < 4.78 is 48.7. The molecule has 0 spiro atoms. The average Bonchev–Trinajstić information content (AvgIpc) is 2.35. The Morgan fingerprint density at radius 1 is 1.43 bits per heavy atom. The fourth-order valence-electron chi connectivity index (χ4n) is 1.66. The van der Waals surface area contributed by atoms with Crippen molar-refractivity contribution in [3.63, 3.8) is 0 Å². The molecular weight excluding hydrogens is 309 g/mol. The summed E-state index contributed by atoms with van der Waals surface area (Å²) in [6.45, 7) is 1.72. The van der Waals surface area contributed by atoms with Crippen LogP contribution in [0.25, 0.3) is 0 Å². The number of nitro groups is 1. The number of hydrogen-bond acceptors (Lipinski definition) is 4. The zero-order chi connectivity index (χ0) is 16.2. The van der Waals surface area contributed by atoms with E-state index in [1.54, 1.807) is 6.92 Å². The molecule has 2 atom stereocenters. The van der Waals surface area contributed by atoms with Gasteiger partial charge in [-0.05, 0) is 25.5 Å². The second-order valence-corrected chi connectivity index (χ2v) is 6.15. The standard InChI is InChI=1S/C12H15F3N2O3S/c1-8(5-6-21(2)20)16-10-4-3-9(12(13,14)15)7-11(10)17(18)19/h3-4,7-8,16H,5-6H2,1-2H3. The van der Waals surface area contributed by atoms with Gasteiger partial charge < -0.3 is 5.32 Å². The molecule has 0 aliphatic rings. The van der Waals surface area contributed by atoms with Gasteiger partial charge in [-0.25, -0.2) is 0 Å². The Morgan fingerprint density at radius 2 is 2.05 bits per heavy atom. The summed E-state index contributed by atoms with van der Waals surface area (Å²) >= 11 is 0. The van der Waals surface area contributed by atoms with Crippen LogP contribution in [0.2, 0.25) is 0 Å². The molecule has 0 aliphatic carbocycles. The topological polar surface area (TPSA) is 72.2 Å². The van der Waals surface area contributed by atoms with Gasteiger partial charge in [0.15, 0.2) is 0 Å². The van der Waals surface area contributed by atoms with Crippen LogP contribution in [0.4, 0.5) is 24.5 Å². The number of nitrogens with zero attached hydrogens (tertiary/aromatic N) is 1. The van der Waals surface area contributed by atoms with Gasteiger partial charge in [-0.2, -0.15) is 13.2 Å². The number of benzene rings is 1. The summed E-state index contributed by atoms with van der Waals surface area (Å²) in [6, 6.07) is 2.09. The smallest absolute Gasteiger partial charge is 0.377 e. The lowest BCUT2D eigenvalue weighted by atomic mass is 10.1. The Bertz CT molecular complexity index is 549. The van der Waals surface area contributed by atoms with Crippen LogP contribution in [0.15, 0.2) is 18.2 Å². The van der Waals surface area contributed by atoms with Gasteiger partial charge in [0.2, 0.25) is 0 Å². The van der Waals surface area contributed by atoms with Crippen molar-refractivity contribution in [3.8, 4) is 0 Å². The lowest BCUT2D eigenvalue weighted by Crippen LogP contribution is -2.19. The van der Waals surface area contributed by atoms with Crippen LogP contribution >= 0.6 is 0 Å². The minimum absolute atomic E-state index is 0.0161. The number of halogens is 3. The minimum Gasteiger partial charge on any atom is -0.377 e. The van der Waals surface area contributed by atoms with Crippen molar-refractivity contribution in [3.05, 3.63) is 33.9 Å². The maximum Gasteiger partial charge on any atom is 0.416 e. The molecule has 0 saturated heterocycles. The Morgan fingerprint density at radius 3 is 2.52 bits per heavy atom. The normalized spacial score (nSPS) is 14.5. The van der Waals surface area contributed by atoms with Gasteiger partial charge in [-0.15, -0.1) is 0 Å². The van der Waals surface area contributed by atoms with Crippen molar-refractivity contribution in [2.45, 2.75) is 25.6 Å². The van der Waals surface area contributed by atoms with Crippen molar-refractivity contribution in [1.82, 2.24) is 0 Å². The maximum absolute atomic E-state index is 12.6. The van der Waals surface area contributed by atoms with Gasteiger partial charge in [-0.1, -0.05) is 0 Å². The van der Waals surface area contributed by atoms with E-state index in [1.165, 1.54) is 6.26 Å². The van der Waals surface area contributed by atoms with Crippen LogP contribution in [-0.2, 0) is 17.0 Å². The summed E-state index contributed by atoms with van der Waals surface area (Å²) in [4.78, 5) is 10.0. The van der Waals surface area contributed by atoms with Crippen molar-refractivity contribution in [1.29, 1.82) is 0 Å². The van der Waals surface area contributed by atoms with Gasteiger partial charge in [0, 0.05) is 34.9 Å². The summed E-state index contributed by atoms with van der Waals surface area (Å²) in [5, 5.41) is 13.7. The summed E-state index contributed by atoms with van der Waals surface area (Å²) in [6.07, 6.45) is -2.61. The third-order valence-electron chi connectivity index (χ3n) is 2.76. The molecule has 0 amide bonds. The van der Waals surface area contributed by atoms with Gasteiger partial charge in [0.1, 0.15) is 5.69 Å². The zero-order valence-corrected chi connectivity index (χ0v) is 12.3. The van der Waals surface area contributed by atoms with Crippen LogP contribution in [-0.4, -0.2) is 27.2 Å². The highest BCUT2D eigenvalue weighted by molar-refractivity contribution is 7.84. The molecule has 5 nitrogen and oxygen atoms in total. The third kappa shape index (κ3) is 5.33.